The molecule has 1 fully saturated rings. The highest BCUT2D eigenvalue weighted by Gasteiger charge is 2.26. The molecule has 1 aromatic rings. The molecule has 0 amide bonds. The van der Waals surface area contributed by atoms with E-state index in [-0.39, 0.29) is 6.04 Å². The monoisotopic (exact) mass is 218 g/mol. The maximum Gasteiger partial charge on any atom is 0.0602 e. The van der Waals surface area contributed by atoms with Crippen LogP contribution in [0.5, 0.6) is 0 Å². The van der Waals surface area contributed by atoms with E-state index in [2.05, 4.69) is 24.9 Å². The molecule has 1 saturated carbocycles. The Balaban J connectivity index is 2.07. The Labute approximate surface area is 98.3 Å². The van der Waals surface area contributed by atoms with E-state index in [0.29, 0.717) is 5.92 Å². The number of aromatic nitrogens is 1. The number of hydrogen-bond acceptors (Lipinski definition) is 2. The van der Waals surface area contributed by atoms with Crippen LogP contribution in [0.4, 0.5) is 0 Å². The van der Waals surface area contributed by atoms with E-state index in [1.165, 1.54) is 31.2 Å². The van der Waals surface area contributed by atoms with Gasteiger partial charge in [-0.3, -0.25) is 4.98 Å². The minimum absolute atomic E-state index is 0.133. The fourth-order valence-corrected chi connectivity index (χ4v) is 2.72. The third kappa shape index (κ3) is 2.43. The molecule has 88 valence electrons. The van der Waals surface area contributed by atoms with Crippen LogP contribution in [0, 0.1) is 18.8 Å². The molecule has 0 saturated heterocycles. The molecule has 1 aliphatic rings. The van der Waals surface area contributed by atoms with Crippen LogP contribution in [0.2, 0.25) is 0 Å². The summed E-state index contributed by atoms with van der Waals surface area (Å²) in [4.78, 5) is 4.45. The fourth-order valence-electron chi connectivity index (χ4n) is 2.72. The first-order valence-electron chi connectivity index (χ1n) is 6.35. The van der Waals surface area contributed by atoms with E-state index >= 15 is 0 Å². The molecular weight excluding hydrogens is 196 g/mol. The van der Waals surface area contributed by atoms with Crippen molar-refractivity contribution >= 4 is 0 Å². The van der Waals surface area contributed by atoms with Crippen LogP contribution in [-0.4, -0.2) is 4.98 Å². The summed E-state index contributed by atoms with van der Waals surface area (Å²) < 4.78 is 0. The molecule has 2 nitrogen and oxygen atoms in total. The number of pyridine rings is 1. The van der Waals surface area contributed by atoms with Crippen LogP contribution in [0.15, 0.2) is 18.3 Å². The van der Waals surface area contributed by atoms with Crippen molar-refractivity contribution in [3.63, 3.8) is 0 Å². The Bertz CT molecular complexity index is 340. The largest absolute Gasteiger partial charge is 0.322 e. The second-order valence-corrected chi connectivity index (χ2v) is 5.25. The molecular formula is C14H22N2. The fraction of sp³-hybridized carbons (Fsp3) is 0.643. The van der Waals surface area contributed by atoms with Crippen molar-refractivity contribution in [1.82, 2.24) is 4.98 Å². The zero-order chi connectivity index (χ0) is 11.5. The number of nitrogens with two attached hydrogens (primary N) is 1. The van der Waals surface area contributed by atoms with Gasteiger partial charge in [0.05, 0.1) is 11.7 Å². The molecule has 2 rings (SSSR count). The van der Waals surface area contributed by atoms with Gasteiger partial charge >= 0.3 is 0 Å². The van der Waals surface area contributed by atoms with Crippen LogP contribution in [0.25, 0.3) is 0 Å². The molecule has 1 atom stereocenters. The first-order valence-corrected chi connectivity index (χ1v) is 6.35. The number of nitrogens with zero attached hydrogens (tertiary/aromatic N) is 1. The van der Waals surface area contributed by atoms with Gasteiger partial charge in [-0.1, -0.05) is 25.8 Å². The van der Waals surface area contributed by atoms with Gasteiger partial charge in [-0.05, 0) is 43.2 Å². The lowest BCUT2D eigenvalue weighted by molar-refractivity contribution is 0.253. The minimum atomic E-state index is 0.133. The van der Waals surface area contributed by atoms with Crippen LogP contribution in [-0.2, 0) is 0 Å². The lowest BCUT2D eigenvalue weighted by atomic mass is 9.78. The summed E-state index contributed by atoms with van der Waals surface area (Å²) in [7, 11) is 0. The van der Waals surface area contributed by atoms with Crippen molar-refractivity contribution in [3.8, 4) is 0 Å². The third-order valence-electron chi connectivity index (χ3n) is 3.93. The van der Waals surface area contributed by atoms with Gasteiger partial charge in [-0.15, -0.1) is 0 Å². The van der Waals surface area contributed by atoms with Crippen LogP contribution in [0.3, 0.4) is 0 Å². The van der Waals surface area contributed by atoms with Crippen molar-refractivity contribution in [2.45, 2.75) is 45.6 Å². The normalized spacial score (nSPS) is 27.7. The van der Waals surface area contributed by atoms with Crippen LogP contribution in [0.1, 0.15) is 49.9 Å². The molecule has 1 aliphatic carbocycles. The summed E-state index contributed by atoms with van der Waals surface area (Å²) in [6.45, 7) is 4.45. The van der Waals surface area contributed by atoms with Gasteiger partial charge in [0.2, 0.25) is 0 Å². The predicted octanol–water partition coefficient (Wildman–Crippen LogP) is 3.22. The zero-order valence-electron chi connectivity index (χ0n) is 10.3. The van der Waals surface area contributed by atoms with E-state index < -0.39 is 0 Å². The van der Waals surface area contributed by atoms with E-state index in [1.54, 1.807) is 0 Å². The quantitative estimate of drug-likeness (QED) is 0.827. The number of aryl methyl sites for hydroxylation is 1. The number of rotatable bonds is 2. The second-order valence-electron chi connectivity index (χ2n) is 5.25. The summed E-state index contributed by atoms with van der Waals surface area (Å²) in [6, 6.07) is 4.22. The Hall–Kier alpha value is -0.890. The summed E-state index contributed by atoms with van der Waals surface area (Å²) >= 11 is 0. The highest BCUT2D eigenvalue weighted by atomic mass is 14.8. The maximum atomic E-state index is 6.35. The number of hydrogen-bond donors (Lipinski definition) is 1. The molecule has 0 spiro atoms. The van der Waals surface area contributed by atoms with Crippen molar-refractivity contribution < 1.29 is 0 Å². The smallest absolute Gasteiger partial charge is 0.0602 e. The van der Waals surface area contributed by atoms with Gasteiger partial charge in [0.1, 0.15) is 0 Å². The van der Waals surface area contributed by atoms with Crippen molar-refractivity contribution in [3.05, 3.63) is 29.6 Å². The molecule has 0 aromatic carbocycles. The summed E-state index contributed by atoms with van der Waals surface area (Å²) in [5.74, 6) is 1.51. The maximum absolute atomic E-state index is 6.35. The minimum Gasteiger partial charge on any atom is -0.322 e. The second kappa shape index (κ2) is 4.96. The average Bonchev–Trinajstić information content (AvgIpc) is 2.30. The van der Waals surface area contributed by atoms with Gasteiger partial charge in [-0.2, -0.15) is 0 Å². The van der Waals surface area contributed by atoms with Crippen molar-refractivity contribution in [2.75, 3.05) is 0 Å². The Morgan fingerprint density at radius 1 is 1.31 bits per heavy atom. The Kier molecular flexibility index (Phi) is 3.59. The molecule has 0 aliphatic heterocycles. The highest BCUT2D eigenvalue weighted by molar-refractivity contribution is 5.21. The van der Waals surface area contributed by atoms with E-state index in [4.69, 9.17) is 5.73 Å². The SMILES string of the molecule is Cc1cccnc1C(N)C1CCC(C)CC1. The molecule has 1 heterocycles. The molecule has 0 radical (unpaired) electrons. The predicted molar refractivity (Wildman–Crippen MR) is 67.0 cm³/mol. The van der Waals surface area contributed by atoms with Crippen molar-refractivity contribution in [2.24, 2.45) is 17.6 Å². The van der Waals surface area contributed by atoms with E-state index in [0.717, 1.165) is 11.6 Å². The zero-order valence-corrected chi connectivity index (χ0v) is 10.3. The molecule has 1 unspecified atom stereocenters. The van der Waals surface area contributed by atoms with Gasteiger partial charge in [0, 0.05) is 6.20 Å². The first-order chi connectivity index (χ1) is 7.68. The first kappa shape index (κ1) is 11.6. The summed E-state index contributed by atoms with van der Waals surface area (Å²) in [5.41, 5.74) is 8.68. The van der Waals surface area contributed by atoms with Crippen LogP contribution < -0.4 is 5.73 Å². The van der Waals surface area contributed by atoms with Crippen molar-refractivity contribution in [1.29, 1.82) is 0 Å². The molecule has 16 heavy (non-hydrogen) atoms. The average molecular weight is 218 g/mol. The standard InChI is InChI=1S/C14H22N2/c1-10-5-7-12(8-6-10)13(15)14-11(2)4-3-9-16-14/h3-4,9-10,12-13H,5-8,15H2,1-2H3. The van der Waals surface area contributed by atoms with Crippen LogP contribution >= 0.6 is 0 Å². The molecule has 0 bridgehead atoms. The lowest BCUT2D eigenvalue weighted by Gasteiger charge is -2.30. The molecule has 2 N–H and O–H groups in total. The molecule has 2 heteroatoms. The van der Waals surface area contributed by atoms with Gasteiger partial charge in [0.15, 0.2) is 0 Å². The van der Waals surface area contributed by atoms with Gasteiger partial charge < -0.3 is 5.73 Å². The summed E-state index contributed by atoms with van der Waals surface area (Å²) in [6.07, 6.45) is 7.03. The Morgan fingerprint density at radius 3 is 2.62 bits per heavy atom. The highest BCUT2D eigenvalue weighted by Crippen LogP contribution is 2.35. The van der Waals surface area contributed by atoms with Gasteiger partial charge in [-0.25, -0.2) is 0 Å². The van der Waals surface area contributed by atoms with E-state index in [9.17, 15) is 0 Å². The lowest BCUT2D eigenvalue weighted by Crippen LogP contribution is -2.26. The van der Waals surface area contributed by atoms with E-state index in [1.807, 2.05) is 12.3 Å². The molecule has 1 aromatic heterocycles. The summed E-state index contributed by atoms with van der Waals surface area (Å²) in [5, 5.41) is 0. The van der Waals surface area contributed by atoms with Gasteiger partial charge in [0.25, 0.3) is 0 Å². The Morgan fingerprint density at radius 2 is 2.00 bits per heavy atom. The third-order valence-corrected chi connectivity index (χ3v) is 3.93. The topological polar surface area (TPSA) is 38.9 Å².